The maximum atomic E-state index is 12.9. The van der Waals surface area contributed by atoms with Gasteiger partial charge in [-0.25, -0.2) is 4.98 Å². The Labute approximate surface area is 149 Å². The maximum Gasteiger partial charge on any atom is 0.416 e. The highest BCUT2D eigenvalue weighted by Crippen LogP contribution is 2.31. The zero-order valence-corrected chi connectivity index (χ0v) is 14.6. The van der Waals surface area contributed by atoms with Gasteiger partial charge in [-0.05, 0) is 25.0 Å². The van der Waals surface area contributed by atoms with Gasteiger partial charge in [0.15, 0.2) is 0 Å². The topological polar surface area (TPSA) is 54.3 Å². The molecule has 0 N–H and O–H groups in total. The predicted molar refractivity (Wildman–Crippen MR) is 89.8 cm³/mol. The molecule has 0 saturated carbocycles. The Kier molecular flexibility index (Phi) is 4.88. The Morgan fingerprint density at radius 1 is 1.38 bits per heavy atom. The molecule has 0 radical (unpaired) electrons. The number of hydrogen-bond donors (Lipinski definition) is 0. The molecule has 140 valence electrons. The smallest absolute Gasteiger partial charge is 0.355 e. The first-order valence-corrected chi connectivity index (χ1v) is 8.29. The van der Waals surface area contributed by atoms with Crippen LogP contribution in [-0.2, 0) is 13.2 Å². The number of anilines is 1. The normalized spacial score (nSPS) is 18.0. The van der Waals surface area contributed by atoms with E-state index in [9.17, 15) is 18.0 Å². The quantitative estimate of drug-likeness (QED) is 0.837. The lowest BCUT2D eigenvalue weighted by molar-refractivity contribution is -0.137. The lowest BCUT2D eigenvalue weighted by atomic mass is 10.0. The van der Waals surface area contributed by atoms with Crippen LogP contribution in [0.25, 0.3) is 0 Å². The summed E-state index contributed by atoms with van der Waals surface area (Å²) < 4.78 is 40.3. The summed E-state index contributed by atoms with van der Waals surface area (Å²) in [5.41, 5.74) is -0.228. The summed E-state index contributed by atoms with van der Waals surface area (Å²) in [5.74, 6) is 0.133. The fourth-order valence-corrected chi connectivity index (χ4v) is 3.15. The summed E-state index contributed by atoms with van der Waals surface area (Å²) in [6.07, 6.45) is 1.49. The van der Waals surface area contributed by atoms with Crippen molar-refractivity contribution in [1.82, 2.24) is 19.7 Å². The third-order valence-corrected chi connectivity index (χ3v) is 4.61. The number of likely N-dealkylation sites (N-methyl/N-ethyl adjacent to an activating group) is 1. The molecular weight excluding hydrogens is 347 g/mol. The zero-order valence-electron chi connectivity index (χ0n) is 14.6. The van der Waals surface area contributed by atoms with E-state index in [1.54, 1.807) is 34.8 Å². The van der Waals surface area contributed by atoms with Crippen LogP contribution >= 0.6 is 0 Å². The van der Waals surface area contributed by atoms with Crippen LogP contribution in [0.15, 0.2) is 30.7 Å². The summed E-state index contributed by atoms with van der Waals surface area (Å²) in [7, 11) is 3.45. The van der Waals surface area contributed by atoms with Crippen LogP contribution in [0.1, 0.15) is 28.8 Å². The van der Waals surface area contributed by atoms with Crippen LogP contribution in [0.3, 0.4) is 0 Å². The van der Waals surface area contributed by atoms with Gasteiger partial charge in [-0.2, -0.15) is 18.3 Å². The van der Waals surface area contributed by atoms with Gasteiger partial charge in [0, 0.05) is 45.6 Å². The minimum atomic E-state index is -4.40. The molecular formula is C17H20F3N5O. The number of hydrogen-bond acceptors (Lipinski definition) is 4. The number of piperidine rings is 1. The summed E-state index contributed by atoms with van der Waals surface area (Å²) in [4.78, 5) is 20.1. The summed E-state index contributed by atoms with van der Waals surface area (Å²) in [6, 6.07) is 1.92. The Balaban J connectivity index is 1.74. The first kappa shape index (κ1) is 18.2. The Morgan fingerprint density at radius 2 is 2.15 bits per heavy atom. The lowest BCUT2D eigenvalue weighted by Crippen LogP contribution is -2.48. The van der Waals surface area contributed by atoms with Crippen molar-refractivity contribution in [2.24, 2.45) is 7.05 Å². The molecule has 26 heavy (non-hydrogen) atoms. The van der Waals surface area contributed by atoms with E-state index < -0.39 is 11.7 Å². The minimum absolute atomic E-state index is 0.104. The average molecular weight is 367 g/mol. The largest absolute Gasteiger partial charge is 0.416 e. The number of aryl methyl sites for hydroxylation is 1. The van der Waals surface area contributed by atoms with Crippen molar-refractivity contribution >= 4 is 11.7 Å². The molecule has 1 unspecified atom stereocenters. The summed E-state index contributed by atoms with van der Waals surface area (Å²) in [5, 5.41) is 4.00. The highest BCUT2D eigenvalue weighted by atomic mass is 19.4. The van der Waals surface area contributed by atoms with Crippen molar-refractivity contribution < 1.29 is 18.0 Å². The number of nitrogens with zero attached hydrogens (tertiary/aromatic N) is 5. The Morgan fingerprint density at radius 3 is 2.81 bits per heavy atom. The molecule has 2 aromatic heterocycles. The number of aromatic nitrogens is 3. The molecule has 1 saturated heterocycles. The minimum Gasteiger partial charge on any atom is -0.355 e. The van der Waals surface area contributed by atoms with Crippen molar-refractivity contribution in [2.75, 3.05) is 25.0 Å². The van der Waals surface area contributed by atoms with Gasteiger partial charge < -0.3 is 9.80 Å². The number of pyridine rings is 1. The van der Waals surface area contributed by atoms with Crippen LogP contribution in [-0.4, -0.2) is 51.8 Å². The van der Waals surface area contributed by atoms with Gasteiger partial charge in [-0.15, -0.1) is 0 Å². The van der Waals surface area contributed by atoms with Crippen molar-refractivity contribution in [3.05, 3.63) is 41.9 Å². The molecule has 1 aliphatic rings. The highest BCUT2D eigenvalue weighted by molar-refractivity contribution is 5.93. The molecule has 1 fully saturated rings. The fraction of sp³-hybridized carbons (Fsp3) is 0.471. The number of halogens is 3. The van der Waals surface area contributed by atoms with Crippen LogP contribution in [0.4, 0.5) is 19.0 Å². The Bertz CT molecular complexity index is 789. The molecule has 3 heterocycles. The average Bonchev–Trinajstić information content (AvgIpc) is 3.06. The van der Waals surface area contributed by atoms with Crippen LogP contribution < -0.4 is 4.90 Å². The van der Waals surface area contributed by atoms with Gasteiger partial charge in [0.25, 0.3) is 5.91 Å². The highest BCUT2D eigenvalue weighted by Gasteiger charge is 2.32. The molecule has 1 atom stereocenters. The van der Waals surface area contributed by atoms with Gasteiger partial charge >= 0.3 is 6.18 Å². The lowest BCUT2D eigenvalue weighted by Gasteiger charge is -2.38. The molecule has 0 aromatic carbocycles. The van der Waals surface area contributed by atoms with Crippen molar-refractivity contribution in [1.29, 1.82) is 0 Å². The second-order valence-electron chi connectivity index (χ2n) is 6.46. The van der Waals surface area contributed by atoms with E-state index >= 15 is 0 Å². The molecule has 0 aliphatic carbocycles. The van der Waals surface area contributed by atoms with E-state index in [-0.39, 0.29) is 17.8 Å². The standard InChI is InChI=1S/C17H20F3N5O/c1-23-10-12(9-22-23)16(26)24(2)14-4-3-7-25(11-14)15-8-13(5-6-21-15)17(18,19)20/h5-6,8-10,14H,3-4,7,11H2,1-2H3. The van der Waals surface area contributed by atoms with E-state index in [1.807, 2.05) is 0 Å². The molecule has 0 spiro atoms. The van der Waals surface area contributed by atoms with E-state index in [0.29, 0.717) is 18.7 Å². The maximum absolute atomic E-state index is 12.9. The van der Waals surface area contributed by atoms with Crippen molar-refractivity contribution in [3.63, 3.8) is 0 Å². The summed E-state index contributed by atoms with van der Waals surface area (Å²) >= 11 is 0. The van der Waals surface area contributed by atoms with E-state index in [1.165, 1.54) is 12.4 Å². The summed E-state index contributed by atoms with van der Waals surface area (Å²) in [6.45, 7) is 1.05. The molecule has 0 bridgehead atoms. The van der Waals surface area contributed by atoms with Crippen LogP contribution in [0.2, 0.25) is 0 Å². The van der Waals surface area contributed by atoms with Gasteiger partial charge in [-0.3, -0.25) is 9.48 Å². The molecule has 3 rings (SSSR count). The molecule has 1 amide bonds. The monoisotopic (exact) mass is 367 g/mol. The third-order valence-electron chi connectivity index (χ3n) is 4.61. The zero-order chi connectivity index (χ0) is 18.9. The second-order valence-corrected chi connectivity index (χ2v) is 6.46. The van der Waals surface area contributed by atoms with Gasteiger partial charge in [0.05, 0.1) is 17.3 Å². The van der Waals surface area contributed by atoms with E-state index in [2.05, 4.69) is 10.1 Å². The number of amides is 1. The number of alkyl halides is 3. The van der Waals surface area contributed by atoms with E-state index in [4.69, 9.17) is 0 Å². The first-order valence-electron chi connectivity index (χ1n) is 8.29. The molecule has 2 aromatic rings. The van der Waals surface area contributed by atoms with Gasteiger partial charge in [0.2, 0.25) is 0 Å². The fourth-order valence-electron chi connectivity index (χ4n) is 3.15. The third kappa shape index (κ3) is 3.81. The first-order chi connectivity index (χ1) is 12.3. The predicted octanol–water partition coefficient (Wildman–Crippen LogP) is 2.57. The number of carbonyl (C=O) groups excluding carboxylic acids is 1. The van der Waals surface area contributed by atoms with Crippen molar-refractivity contribution in [3.8, 4) is 0 Å². The molecule has 6 nitrogen and oxygen atoms in total. The van der Waals surface area contributed by atoms with Crippen molar-refractivity contribution in [2.45, 2.75) is 25.1 Å². The van der Waals surface area contributed by atoms with Gasteiger partial charge in [-0.1, -0.05) is 0 Å². The Hall–Kier alpha value is -2.58. The van der Waals surface area contributed by atoms with Crippen LogP contribution in [0.5, 0.6) is 0 Å². The molecule has 1 aliphatic heterocycles. The molecule has 9 heteroatoms. The van der Waals surface area contributed by atoms with Crippen LogP contribution in [0, 0.1) is 0 Å². The van der Waals surface area contributed by atoms with Gasteiger partial charge in [0.1, 0.15) is 5.82 Å². The number of carbonyl (C=O) groups is 1. The van der Waals surface area contributed by atoms with E-state index in [0.717, 1.165) is 25.0 Å². The second kappa shape index (κ2) is 6.97. The SMILES string of the molecule is CN(C(=O)c1cnn(C)c1)C1CCCN(c2cc(C(F)(F)F)ccn2)C1. The number of rotatable bonds is 3.